The fourth-order valence-corrected chi connectivity index (χ4v) is 2.93. The van der Waals surface area contributed by atoms with Gasteiger partial charge in [0.05, 0.1) is 36.7 Å². The van der Waals surface area contributed by atoms with Crippen molar-refractivity contribution in [2.75, 3.05) is 46.4 Å². The third-order valence-corrected chi connectivity index (χ3v) is 4.78. The Labute approximate surface area is 185 Å². The van der Waals surface area contributed by atoms with Gasteiger partial charge in [-0.1, -0.05) is 0 Å². The molecule has 1 aliphatic rings. The number of nitrogens with one attached hydrogen (secondary N) is 2. The van der Waals surface area contributed by atoms with E-state index in [9.17, 15) is 9.59 Å². The molecule has 10 heteroatoms. The van der Waals surface area contributed by atoms with Gasteiger partial charge >= 0.3 is 0 Å². The van der Waals surface area contributed by atoms with Crippen LogP contribution in [0.2, 0.25) is 0 Å². The molecule has 2 aromatic rings. The van der Waals surface area contributed by atoms with Crippen LogP contribution in [-0.4, -0.2) is 68.7 Å². The highest BCUT2D eigenvalue weighted by Crippen LogP contribution is 2.34. The molecule has 3 rings (SSSR count). The molecule has 1 atom stereocenters. The third-order valence-electron chi connectivity index (χ3n) is 4.78. The summed E-state index contributed by atoms with van der Waals surface area (Å²) in [6, 6.07) is 3.43. The van der Waals surface area contributed by atoms with Crippen molar-refractivity contribution in [1.82, 2.24) is 15.3 Å². The fourth-order valence-electron chi connectivity index (χ4n) is 2.93. The molecule has 1 aromatic carbocycles. The maximum absolute atomic E-state index is 12.6. The third kappa shape index (κ3) is 5.40. The first-order valence-electron chi connectivity index (χ1n) is 9.97. The van der Waals surface area contributed by atoms with Crippen molar-refractivity contribution in [3.63, 3.8) is 0 Å². The first-order valence-corrected chi connectivity index (χ1v) is 9.97. The highest BCUT2D eigenvalue weighted by molar-refractivity contribution is 6.21. The minimum atomic E-state index is -0.351. The van der Waals surface area contributed by atoms with Crippen molar-refractivity contribution in [1.29, 1.82) is 0 Å². The summed E-state index contributed by atoms with van der Waals surface area (Å²) in [7, 11) is 4.69. The van der Waals surface area contributed by atoms with Crippen molar-refractivity contribution in [2.45, 2.75) is 13.0 Å². The second-order valence-corrected chi connectivity index (χ2v) is 6.98. The van der Waals surface area contributed by atoms with Crippen LogP contribution < -0.4 is 20.1 Å². The number of methoxy groups -OCH3 is 3. The molecule has 10 nitrogen and oxygen atoms in total. The van der Waals surface area contributed by atoms with Crippen LogP contribution >= 0.6 is 0 Å². The van der Waals surface area contributed by atoms with Crippen LogP contribution in [0.15, 0.2) is 42.0 Å². The van der Waals surface area contributed by atoms with Gasteiger partial charge in [0, 0.05) is 44.4 Å². The molecule has 0 bridgehead atoms. The normalized spacial score (nSPS) is 14.6. The molecule has 0 spiro atoms. The summed E-state index contributed by atoms with van der Waals surface area (Å²) in [4.78, 5) is 33.6. The van der Waals surface area contributed by atoms with Crippen molar-refractivity contribution in [2.24, 2.45) is 0 Å². The molecular formula is C22H26N4O6. The van der Waals surface area contributed by atoms with Crippen LogP contribution in [0.5, 0.6) is 11.5 Å². The SMILES string of the molecule is COCCOc1cc2ncnc(NC3=CC(=O)C(NCC(C)OC)=CC3=O)c2cc1OC. The van der Waals surface area contributed by atoms with Gasteiger partial charge in [-0.25, -0.2) is 9.97 Å². The van der Waals surface area contributed by atoms with Crippen molar-refractivity contribution in [3.8, 4) is 11.5 Å². The van der Waals surface area contributed by atoms with E-state index in [1.54, 1.807) is 26.4 Å². The Morgan fingerprint density at radius 2 is 1.72 bits per heavy atom. The van der Waals surface area contributed by atoms with Crippen LogP contribution in [0, 0.1) is 0 Å². The lowest BCUT2D eigenvalue weighted by Crippen LogP contribution is -2.31. The van der Waals surface area contributed by atoms with Gasteiger partial charge in [-0.05, 0) is 13.0 Å². The van der Waals surface area contributed by atoms with E-state index in [2.05, 4.69) is 20.6 Å². The molecule has 0 fully saturated rings. The number of hydrogen-bond acceptors (Lipinski definition) is 10. The zero-order chi connectivity index (χ0) is 23.1. The molecule has 0 amide bonds. The number of fused-ring (bicyclic) bond motifs is 1. The van der Waals surface area contributed by atoms with Gasteiger partial charge in [0.1, 0.15) is 18.8 Å². The van der Waals surface area contributed by atoms with Crippen LogP contribution in [0.1, 0.15) is 6.92 Å². The molecule has 2 N–H and O–H groups in total. The summed E-state index contributed by atoms with van der Waals surface area (Å²) >= 11 is 0. The molecule has 0 saturated carbocycles. The maximum Gasteiger partial charge on any atom is 0.204 e. The number of rotatable bonds is 11. The monoisotopic (exact) mass is 442 g/mol. The van der Waals surface area contributed by atoms with Crippen LogP contribution in [0.25, 0.3) is 10.9 Å². The first kappa shape index (κ1) is 23.2. The van der Waals surface area contributed by atoms with Gasteiger partial charge in [-0.15, -0.1) is 0 Å². The number of carbonyl (C=O) groups is 2. The van der Waals surface area contributed by atoms with E-state index in [1.807, 2.05) is 6.92 Å². The van der Waals surface area contributed by atoms with Crippen molar-refractivity contribution >= 4 is 28.3 Å². The average molecular weight is 442 g/mol. The average Bonchev–Trinajstić information content (AvgIpc) is 2.79. The second kappa shape index (κ2) is 10.7. The standard InChI is InChI=1S/C22H26N4O6/c1-13(30-3)11-23-16-8-19(28)17(9-18(16)27)26-22-14-7-20(31-4)21(32-6-5-29-2)10-15(14)24-12-25-22/h7-10,12-13,23H,5-6,11H2,1-4H3,(H,24,25,26). The first-order chi connectivity index (χ1) is 15.5. The van der Waals surface area contributed by atoms with Gasteiger partial charge in [-0.3, -0.25) is 9.59 Å². The Kier molecular flexibility index (Phi) is 7.74. The summed E-state index contributed by atoms with van der Waals surface area (Å²) in [6.45, 7) is 3.04. The zero-order valence-electron chi connectivity index (χ0n) is 18.4. The van der Waals surface area contributed by atoms with Gasteiger partial charge < -0.3 is 29.6 Å². The smallest absolute Gasteiger partial charge is 0.204 e. The summed E-state index contributed by atoms with van der Waals surface area (Å²) in [5.41, 5.74) is 0.911. The topological polar surface area (TPSA) is 121 Å². The maximum atomic E-state index is 12.6. The van der Waals surface area contributed by atoms with E-state index in [0.29, 0.717) is 48.0 Å². The van der Waals surface area contributed by atoms with E-state index in [4.69, 9.17) is 18.9 Å². The molecule has 0 aliphatic heterocycles. The minimum Gasteiger partial charge on any atom is -0.493 e. The lowest BCUT2D eigenvalue weighted by Gasteiger charge is -2.18. The summed E-state index contributed by atoms with van der Waals surface area (Å²) < 4.78 is 21.3. The van der Waals surface area contributed by atoms with E-state index in [1.165, 1.54) is 25.6 Å². The van der Waals surface area contributed by atoms with E-state index in [0.717, 1.165) is 0 Å². The summed E-state index contributed by atoms with van der Waals surface area (Å²) in [5, 5.41) is 6.49. The molecule has 170 valence electrons. The van der Waals surface area contributed by atoms with Crippen LogP contribution in [-0.2, 0) is 19.1 Å². The minimum absolute atomic E-state index is 0.104. The lowest BCUT2D eigenvalue weighted by atomic mass is 10.1. The molecular weight excluding hydrogens is 416 g/mol. The zero-order valence-corrected chi connectivity index (χ0v) is 18.4. The van der Waals surface area contributed by atoms with Gasteiger partial charge in [0.25, 0.3) is 0 Å². The van der Waals surface area contributed by atoms with Gasteiger partial charge in [0.15, 0.2) is 11.5 Å². The Hall–Kier alpha value is -3.50. The van der Waals surface area contributed by atoms with Crippen LogP contribution in [0.3, 0.4) is 0 Å². The highest BCUT2D eigenvalue weighted by atomic mass is 16.5. The molecule has 1 aromatic heterocycles. The van der Waals surface area contributed by atoms with E-state index < -0.39 is 0 Å². The van der Waals surface area contributed by atoms with Crippen LogP contribution in [0.4, 0.5) is 5.82 Å². The number of aromatic nitrogens is 2. The molecule has 0 saturated heterocycles. The number of ether oxygens (including phenoxy) is 4. The predicted molar refractivity (Wildman–Crippen MR) is 118 cm³/mol. The number of nitrogens with zero attached hydrogens (tertiary/aromatic N) is 2. The number of ketones is 2. The Bertz CT molecular complexity index is 1070. The molecule has 32 heavy (non-hydrogen) atoms. The number of allylic oxidation sites excluding steroid dienone is 2. The summed E-state index contributed by atoms with van der Waals surface area (Å²) in [6.07, 6.45) is 3.77. The van der Waals surface area contributed by atoms with Gasteiger partial charge in [-0.2, -0.15) is 0 Å². The highest BCUT2D eigenvalue weighted by Gasteiger charge is 2.22. The number of hydrogen-bond donors (Lipinski definition) is 2. The number of anilines is 1. The predicted octanol–water partition coefficient (Wildman–Crippen LogP) is 1.62. The number of benzene rings is 1. The molecule has 1 heterocycles. The second-order valence-electron chi connectivity index (χ2n) is 6.98. The quantitative estimate of drug-likeness (QED) is 0.392. The largest absolute Gasteiger partial charge is 0.493 e. The molecule has 1 unspecified atom stereocenters. The van der Waals surface area contributed by atoms with Crippen molar-refractivity contribution < 1.29 is 28.5 Å². The summed E-state index contributed by atoms with van der Waals surface area (Å²) in [5.74, 6) is 0.677. The Balaban J connectivity index is 1.83. The molecule has 0 radical (unpaired) electrons. The van der Waals surface area contributed by atoms with Gasteiger partial charge in [0.2, 0.25) is 11.6 Å². The Morgan fingerprint density at radius 3 is 2.44 bits per heavy atom. The fraction of sp³-hybridized carbons (Fsp3) is 0.364. The van der Waals surface area contributed by atoms with Crippen molar-refractivity contribution in [3.05, 3.63) is 42.0 Å². The van der Waals surface area contributed by atoms with E-state index >= 15 is 0 Å². The molecule has 1 aliphatic carbocycles. The number of carbonyl (C=O) groups excluding carboxylic acids is 2. The lowest BCUT2D eigenvalue weighted by molar-refractivity contribution is -0.115. The Morgan fingerprint density at radius 1 is 0.969 bits per heavy atom. The van der Waals surface area contributed by atoms with E-state index in [-0.39, 0.29) is 29.1 Å².